The molecule has 1 aromatic heterocycles. The largest absolute Gasteiger partial charge is 0.495 e. The van der Waals surface area contributed by atoms with Gasteiger partial charge in [-0.25, -0.2) is 4.68 Å². The molecule has 0 fully saturated rings. The molecule has 0 radical (unpaired) electrons. The molecule has 2 heterocycles. The fraction of sp³-hybridized carbons (Fsp3) is 0.179. The van der Waals surface area contributed by atoms with Crippen LogP contribution in [-0.4, -0.2) is 27.8 Å². The first kappa shape index (κ1) is 23.2. The first-order chi connectivity index (χ1) is 17.5. The number of amides is 1. The van der Waals surface area contributed by atoms with Crippen molar-refractivity contribution in [2.45, 2.75) is 26.5 Å². The molecule has 4 aromatic rings. The Balaban J connectivity index is 1.41. The number of fused-ring (bicyclic) bond motifs is 1. The third-order valence-electron chi connectivity index (χ3n) is 6.12. The maximum absolute atomic E-state index is 13.6. The fourth-order valence-corrected chi connectivity index (χ4v) is 4.23. The Kier molecular flexibility index (Phi) is 6.40. The number of allylic oxidation sites excluding steroid dienone is 1. The standard InChI is InChI=1S/C28H27N5O3/c1-18-8-10-20(11-9-18)16-36-22-14-12-21(13-15-22)26-25(19(2)31-28-29-17-30-33(26)28)27(34)32-23-6-4-5-7-24(23)35-3/h4-15,17,26H,16H2,1-3H3,(H,32,34)(H,29,30,31)/t26-/m1/s1. The number of benzene rings is 3. The SMILES string of the molecule is COc1ccccc1NC(=O)C1=C(C)Nc2ncnn2[C@@H]1c1ccc(OCc2ccc(C)cc2)cc1. The van der Waals surface area contributed by atoms with Crippen molar-refractivity contribution >= 4 is 17.5 Å². The molecule has 0 bridgehead atoms. The Morgan fingerprint density at radius 2 is 1.78 bits per heavy atom. The van der Waals surface area contributed by atoms with Gasteiger partial charge < -0.3 is 20.1 Å². The van der Waals surface area contributed by atoms with Crippen molar-refractivity contribution in [1.29, 1.82) is 0 Å². The summed E-state index contributed by atoms with van der Waals surface area (Å²) in [7, 11) is 1.57. The van der Waals surface area contributed by atoms with E-state index in [1.54, 1.807) is 23.9 Å². The number of anilines is 2. The molecule has 2 N–H and O–H groups in total. The molecule has 0 unspecified atom stereocenters. The summed E-state index contributed by atoms with van der Waals surface area (Å²) in [4.78, 5) is 17.9. The van der Waals surface area contributed by atoms with Crippen LogP contribution in [-0.2, 0) is 11.4 Å². The molecule has 182 valence electrons. The third kappa shape index (κ3) is 4.65. The Hall–Kier alpha value is -4.59. The first-order valence-corrected chi connectivity index (χ1v) is 11.6. The van der Waals surface area contributed by atoms with Crippen molar-refractivity contribution in [2.75, 3.05) is 17.7 Å². The molecule has 0 saturated heterocycles. The van der Waals surface area contributed by atoms with Crippen LogP contribution in [0.5, 0.6) is 11.5 Å². The second kappa shape index (κ2) is 9.95. The van der Waals surface area contributed by atoms with Crippen molar-refractivity contribution in [3.8, 4) is 11.5 Å². The van der Waals surface area contributed by atoms with E-state index in [9.17, 15) is 4.79 Å². The van der Waals surface area contributed by atoms with Crippen molar-refractivity contribution in [2.24, 2.45) is 0 Å². The molecule has 5 rings (SSSR count). The number of carbonyl (C=O) groups is 1. The smallest absolute Gasteiger partial charge is 0.255 e. The van der Waals surface area contributed by atoms with E-state index in [1.165, 1.54) is 11.9 Å². The summed E-state index contributed by atoms with van der Waals surface area (Å²) in [6.07, 6.45) is 1.47. The molecule has 8 nitrogen and oxygen atoms in total. The normalized spacial score (nSPS) is 14.6. The third-order valence-corrected chi connectivity index (χ3v) is 6.12. The van der Waals surface area contributed by atoms with Crippen molar-refractivity contribution < 1.29 is 14.3 Å². The predicted octanol–water partition coefficient (Wildman–Crippen LogP) is 5.10. The molecule has 0 spiro atoms. The van der Waals surface area contributed by atoms with Crippen LogP contribution < -0.4 is 20.1 Å². The van der Waals surface area contributed by atoms with E-state index in [0.717, 1.165) is 16.9 Å². The maximum atomic E-state index is 13.6. The summed E-state index contributed by atoms with van der Waals surface area (Å²) in [6, 6.07) is 22.8. The Bertz CT molecular complexity index is 1410. The minimum atomic E-state index is -0.468. The van der Waals surface area contributed by atoms with Crippen LogP contribution in [0.3, 0.4) is 0 Å². The zero-order valence-corrected chi connectivity index (χ0v) is 20.4. The van der Waals surface area contributed by atoms with E-state index in [0.29, 0.717) is 35.3 Å². The van der Waals surface area contributed by atoms with E-state index < -0.39 is 6.04 Å². The highest BCUT2D eigenvalue weighted by molar-refractivity contribution is 6.06. The second-order valence-corrected chi connectivity index (χ2v) is 8.59. The number of ether oxygens (including phenoxy) is 2. The molecule has 1 aliphatic rings. The van der Waals surface area contributed by atoms with E-state index in [1.807, 2.05) is 43.3 Å². The summed E-state index contributed by atoms with van der Waals surface area (Å²) < 4.78 is 13.1. The highest BCUT2D eigenvalue weighted by Gasteiger charge is 2.33. The lowest BCUT2D eigenvalue weighted by Crippen LogP contribution is -2.31. The maximum Gasteiger partial charge on any atom is 0.255 e. The molecular weight excluding hydrogens is 454 g/mol. The number of carbonyl (C=O) groups excluding carboxylic acids is 1. The van der Waals surface area contributed by atoms with Crippen LogP contribution >= 0.6 is 0 Å². The molecule has 1 amide bonds. The van der Waals surface area contributed by atoms with Gasteiger partial charge in [0.05, 0.1) is 18.4 Å². The van der Waals surface area contributed by atoms with Crippen molar-refractivity contribution in [1.82, 2.24) is 14.8 Å². The number of para-hydroxylation sites is 2. The number of nitrogens with zero attached hydrogens (tertiary/aromatic N) is 3. The highest BCUT2D eigenvalue weighted by atomic mass is 16.5. The van der Waals surface area contributed by atoms with Gasteiger partial charge >= 0.3 is 0 Å². The number of methoxy groups -OCH3 is 1. The summed E-state index contributed by atoms with van der Waals surface area (Å²) in [5, 5.41) is 10.6. The number of rotatable bonds is 7. The quantitative estimate of drug-likeness (QED) is 0.382. The molecular formula is C28H27N5O3. The van der Waals surface area contributed by atoms with Crippen LogP contribution in [0.1, 0.15) is 29.7 Å². The minimum Gasteiger partial charge on any atom is -0.495 e. The number of aryl methyl sites for hydroxylation is 1. The molecule has 36 heavy (non-hydrogen) atoms. The van der Waals surface area contributed by atoms with E-state index >= 15 is 0 Å². The van der Waals surface area contributed by atoms with Crippen LogP contribution in [0, 0.1) is 6.92 Å². The van der Waals surface area contributed by atoms with Gasteiger partial charge in [0.2, 0.25) is 5.95 Å². The van der Waals surface area contributed by atoms with Gasteiger partial charge in [-0.3, -0.25) is 4.79 Å². The van der Waals surface area contributed by atoms with Crippen molar-refractivity contribution in [3.63, 3.8) is 0 Å². The average Bonchev–Trinajstić information content (AvgIpc) is 3.36. The summed E-state index contributed by atoms with van der Waals surface area (Å²) in [5.41, 5.74) is 5.03. The topological polar surface area (TPSA) is 90.3 Å². The number of hydrogen-bond acceptors (Lipinski definition) is 6. The van der Waals surface area contributed by atoms with Gasteiger partial charge in [0, 0.05) is 5.70 Å². The summed E-state index contributed by atoms with van der Waals surface area (Å²) >= 11 is 0. The van der Waals surface area contributed by atoms with E-state index in [4.69, 9.17) is 9.47 Å². The zero-order valence-electron chi connectivity index (χ0n) is 20.4. The van der Waals surface area contributed by atoms with Gasteiger partial charge in [-0.1, -0.05) is 54.1 Å². The number of nitrogens with one attached hydrogen (secondary N) is 2. The first-order valence-electron chi connectivity index (χ1n) is 11.6. The van der Waals surface area contributed by atoms with Crippen molar-refractivity contribution in [3.05, 3.63) is 107 Å². The van der Waals surface area contributed by atoms with Crippen LogP contribution in [0.15, 0.2) is 90.4 Å². The molecule has 0 aliphatic carbocycles. The molecule has 1 aliphatic heterocycles. The minimum absolute atomic E-state index is 0.254. The van der Waals surface area contributed by atoms with Gasteiger partial charge in [0.1, 0.15) is 30.5 Å². The van der Waals surface area contributed by atoms with Crippen LogP contribution in [0.4, 0.5) is 11.6 Å². The Morgan fingerprint density at radius 1 is 1.03 bits per heavy atom. The lowest BCUT2D eigenvalue weighted by atomic mass is 9.95. The van der Waals surface area contributed by atoms with Gasteiger partial charge in [-0.2, -0.15) is 10.1 Å². The zero-order chi connectivity index (χ0) is 25.1. The lowest BCUT2D eigenvalue weighted by molar-refractivity contribution is -0.113. The Morgan fingerprint density at radius 3 is 2.53 bits per heavy atom. The molecule has 8 heteroatoms. The summed E-state index contributed by atoms with van der Waals surface area (Å²) in [5.74, 6) is 1.65. The number of aromatic nitrogens is 3. The fourth-order valence-electron chi connectivity index (χ4n) is 4.23. The van der Waals surface area contributed by atoms with Gasteiger partial charge in [-0.05, 0) is 49.2 Å². The highest BCUT2D eigenvalue weighted by Crippen LogP contribution is 2.36. The molecule has 0 saturated carbocycles. The average molecular weight is 482 g/mol. The van der Waals surface area contributed by atoms with Gasteiger partial charge in [0.15, 0.2) is 0 Å². The second-order valence-electron chi connectivity index (χ2n) is 8.59. The van der Waals surface area contributed by atoms with Gasteiger partial charge in [0.25, 0.3) is 5.91 Å². The number of hydrogen-bond donors (Lipinski definition) is 2. The van der Waals surface area contributed by atoms with Gasteiger partial charge in [-0.15, -0.1) is 0 Å². The van der Waals surface area contributed by atoms with E-state index in [2.05, 4.69) is 51.9 Å². The van der Waals surface area contributed by atoms with E-state index in [-0.39, 0.29) is 5.91 Å². The molecule has 1 atom stereocenters. The summed E-state index contributed by atoms with van der Waals surface area (Å²) in [6.45, 7) is 4.40. The monoisotopic (exact) mass is 481 g/mol. The van der Waals surface area contributed by atoms with Crippen LogP contribution in [0.2, 0.25) is 0 Å². The predicted molar refractivity (Wildman–Crippen MR) is 138 cm³/mol. The van der Waals surface area contributed by atoms with Crippen LogP contribution in [0.25, 0.3) is 0 Å². The lowest BCUT2D eigenvalue weighted by Gasteiger charge is -2.29. The Labute approximate surface area is 209 Å². The molecule has 3 aromatic carbocycles.